The summed E-state index contributed by atoms with van der Waals surface area (Å²) in [5.74, 6) is 0.973. The molecule has 1 aliphatic rings. The molecular weight excluding hydrogens is 274 g/mol. The Labute approximate surface area is 131 Å². The Kier molecular flexibility index (Phi) is 4.09. The fraction of sp³-hybridized carbons (Fsp3) is 0.333. The Hall–Kier alpha value is -2.36. The van der Waals surface area contributed by atoms with Crippen molar-refractivity contribution in [2.75, 3.05) is 18.9 Å². The molecule has 114 valence electrons. The van der Waals surface area contributed by atoms with Gasteiger partial charge < -0.3 is 10.2 Å². The molecule has 1 aliphatic heterocycles. The zero-order valence-electron chi connectivity index (χ0n) is 13.0. The van der Waals surface area contributed by atoms with Crippen LogP contribution in [0.15, 0.2) is 42.6 Å². The van der Waals surface area contributed by atoms with Crippen LogP contribution >= 0.6 is 0 Å². The van der Waals surface area contributed by atoms with E-state index in [1.807, 2.05) is 54.5 Å². The smallest absolute Gasteiger partial charge is 0.254 e. The summed E-state index contributed by atoms with van der Waals surface area (Å²) in [5.41, 5.74) is 3.09. The molecule has 0 unspecified atom stereocenters. The van der Waals surface area contributed by atoms with Gasteiger partial charge in [0, 0.05) is 25.4 Å². The third-order valence-electron chi connectivity index (χ3n) is 4.30. The molecule has 4 nitrogen and oxygen atoms in total. The van der Waals surface area contributed by atoms with Crippen LogP contribution in [-0.2, 0) is 0 Å². The molecule has 1 fully saturated rings. The van der Waals surface area contributed by atoms with E-state index in [0.29, 0.717) is 0 Å². The fourth-order valence-electron chi connectivity index (χ4n) is 3.13. The number of pyridine rings is 1. The van der Waals surface area contributed by atoms with E-state index in [9.17, 15) is 4.79 Å². The summed E-state index contributed by atoms with van der Waals surface area (Å²) in [6.45, 7) is 2.90. The van der Waals surface area contributed by atoms with Crippen LogP contribution in [0.1, 0.15) is 40.4 Å². The number of carbonyl (C=O) groups is 1. The molecule has 1 saturated heterocycles. The fourth-order valence-corrected chi connectivity index (χ4v) is 3.13. The molecule has 2 heterocycles. The number of aromatic nitrogens is 1. The Balaban J connectivity index is 1.89. The van der Waals surface area contributed by atoms with Crippen LogP contribution < -0.4 is 5.32 Å². The molecule has 1 atom stereocenters. The molecule has 1 amide bonds. The highest BCUT2D eigenvalue weighted by Gasteiger charge is 2.31. The average molecular weight is 295 g/mol. The highest BCUT2D eigenvalue weighted by molar-refractivity contribution is 5.94. The lowest BCUT2D eigenvalue weighted by Gasteiger charge is -2.26. The number of hydrogen-bond donors (Lipinski definition) is 1. The summed E-state index contributed by atoms with van der Waals surface area (Å²) in [6.07, 6.45) is 3.94. The topological polar surface area (TPSA) is 45.2 Å². The number of rotatable bonds is 3. The first-order chi connectivity index (χ1) is 10.7. The lowest BCUT2D eigenvalue weighted by Crippen LogP contribution is -2.31. The van der Waals surface area contributed by atoms with Crippen molar-refractivity contribution in [1.82, 2.24) is 9.88 Å². The molecule has 0 radical (unpaired) electrons. The Morgan fingerprint density at radius 1 is 1.32 bits per heavy atom. The van der Waals surface area contributed by atoms with Crippen molar-refractivity contribution in [2.45, 2.75) is 25.8 Å². The van der Waals surface area contributed by atoms with Crippen molar-refractivity contribution < 1.29 is 4.79 Å². The van der Waals surface area contributed by atoms with Gasteiger partial charge in [-0.1, -0.05) is 18.2 Å². The van der Waals surface area contributed by atoms with Gasteiger partial charge in [0.25, 0.3) is 5.91 Å². The van der Waals surface area contributed by atoms with Crippen LogP contribution in [-0.4, -0.2) is 29.4 Å². The predicted octanol–water partition coefficient (Wildman–Crippen LogP) is 3.41. The Bertz CT molecular complexity index is 669. The van der Waals surface area contributed by atoms with Crippen molar-refractivity contribution in [3.63, 3.8) is 0 Å². The summed E-state index contributed by atoms with van der Waals surface area (Å²) >= 11 is 0. The van der Waals surface area contributed by atoms with Crippen LogP contribution in [0.4, 0.5) is 5.82 Å². The van der Waals surface area contributed by atoms with Gasteiger partial charge in [-0.15, -0.1) is 0 Å². The second-order valence-corrected chi connectivity index (χ2v) is 5.70. The maximum absolute atomic E-state index is 12.8. The van der Waals surface area contributed by atoms with Gasteiger partial charge in [0.2, 0.25) is 0 Å². The number of aryl methyl sites for hydroxylation is 1. The van der Waals surface area contributed by atoms with Gasteiger partial charge in [0.1, 0.15) is 5.82 Å². The Morgan fingerprint density at radius 3 is 2.77 bits per heavy atom. The van der Waals surface area contributed by atoms with Crippen LogP contribution in [0.3, 0.4) is 0 Å². The van der Waals surface area contributed by atoms with E-state index in [0.717, 1.165) is 36.3 Å². The van der Waals surface area contributed by atoms with E-state index in [2.05, 4.69) is 17.2 Å². The minimum absolute atomic E-state index is 0.111. The van der Waals surface area contributed by atoms with Crippen LogP contribution in [0.5, 0.6) is 0 Å². The number of nitrogens with zero attached hydrogens (tertiary/aromatic N) is 2. The summed E-state index contributed by atoms with van der Waals surface area (Å²) in [5, 5.41) is 3.05. The standard InChI is InChI=1S/C18H21N3O/c1-13-11-17(19-2)20-12-15(13)16-9-6-10-21(16)18(22)14-7-4-3-5-8-14/h3-5,7-8,11-12,16H,6,9-10H2,1-2H3,(H,19,20)/t16-/m1/s1. The molecule has 1 aromatic heterocycles. The SMILES string of the molecule is CNc1cc(C)c([C@H]2CCCN2C(=O)c2ccccc2)cn1. The largest absolute Gasteiger partial charge is 0.373 e. The number of hydrogen-bond acceptors (Lipinski definition) is 3. The number of likely N-dealkylation sites (tertiary alicyclic amines) is 1. The first-order valence-electron chi connectivity index (χ1n) is 7.71. The zero-order valence-corrected chi connectivity index (χ0v) is 13.0. The van der Waals surface area contributed by atoms with Gasteiger partial charge in [-0.05, 0) is 49.1 Å². The number of amides is 1. The van der Waals surface area contributed by atoms with Crippen LogP contribution in [0.2, 0.25) is 0 Å². The van der Waals surface area contributed by atoms with Gasteiger partial charge >= 0.3 is 0 Å². The minimum atomic E-state index is 0.111. The molecule has 4 heteroatoms. The molecule has 1 N–H and O–H groups in total. The maximum atomic E-state index is 12.8. The molecule has 3 rings (SSSR count). The second kappa shape index (κ2) is 6.18. The van der Waals surface area contributed by atoms with E-state index in [-0.39, 0.29) is 11.9 Å². The number of anilines is 1. The predicted molar refractivity (Wildman–Crippen MR) is 88.0 cm³/mol. The molecule has 0 bridgehead atoms. The molecule has 22 heavy (non-hydrogen) atoms. The second-order valence-electron chi connectivity index (χ2n) is 5.70. The number of benzene rings is 1. The van der Waals surface area contributed by atoms with Crippen molar-refractivity contribution in [1.29, 1.82) is 0 Å². The zero-order chi connectivity index (χ0) is 15.5. The highest BCUT2D eigenvalue weighted by atomic mass is 16.2. The third-order valence-corrected chi connectivity index (χ3v) is 4.30. The van der Waals surface area contributed by atoms with E-state index < -0.39 is 0 Å². The van der Waals surface area contributed by atoms with E-state index in [1.165, 1.54) is 5.56 Å². The minimum Gasteiger partial charge on any atom is -0.373 e. The van der Waals surface area contributed by atoms with Crippen molar-refractivity contribution in [3.8, 4) is 0 Å². The summed E-state index contributed by atoms with van der Waals surface area (Å²) in [6, 6.07) is 11.7. The Morgan fingerprint density at radius 2 is 2.09 bits per heavy atom. The van der Waals surface area contributed by atoms with Crippen LogP contribution in [0, 0.1) is 6.92 Å². The average Bonchev–Trinajstić information content (AvgIpc) is 3.04. The first-order valence-corrected chi connectivity index (χ1v) is 7.71. The number of nitrogens with one attached hydrogen (secondary N) is 1. The lowest BCUT2D eigenvalue weighted by atomic mass is 10.0. The third kappa shape index (κ3) is 2.69. The molecular formula is C18H21N3O. The molecule has 2 aromatic rings. The van der Waals surface area contributed by atoms with Gasteiger partial charge in [-0.3, -0.25) is 4.79 Å². The van der Waals surface area contributed by atoms with Gasteiger partial charge in [0.05, 0.1) is 6.04 Å². The van der Waals surface area contributed by atoms with Crippen molar-refractivity contribution in [3.05, 3.63) is 59.3 Å². The summed E-state index contributed by atoms with van der Waals surface area (Å²) in [4.78, 5) is 19.2. The first kappa shape index (κ1) is 14.6. The monoisotopic (exact) mass is 295 g/mol. The maximum Gasteiger partial charge on any atom is 0.254 e. The lowest BCUT2D eigenvalue weighted by molar-refractivity contribution is 0.0735. The molecule has 0 spiro atoms. The number of carbonyl (C=O) groups excluding carboxylic acids is 1. The summed E-state index contributed by atoms with van der Waals surface area (Å²) in [7, 11) is 1.86. The molecule has 0 saturated carbocycles. The van der Waals surface area contributed by atoms with Gasteiger partial charge in [-0.2, -0.15) is 0 Å². The van der Waals surface area contributed by atoms with E-state index in [1.54, 1.807) is 0 Å². The van der Waals surface area contributed by atoms with Crippen LogP contribution in [0.25, 0.3) is 0 Å². The van der Waals surface area contributed by atoms with Gasteiger partial charge in [0.15, 0.2) is 0 Å². The van der Waals surface area contributed by atoms with Crippen molar-refractivity contribution in [2.24, 2.45) is 0 Å². The van der Waals surface area contributed by atoms with E-state index >= 15 is 0 Å². The van der Waals surface area contributed by atoms with E-state index in [4.69, 9.17) is 0 Å². The summed E-state index contributed by atoms with van der Waals surface area (Å²) < 4.78 is 0. The van der Waals surface area contributed by atoms with Gasteiger partial charge in [-0.25, -0.2) is 4.98 Å². The van der Waals surface area contributed by atoms with Crippen molar-refractivity contribution >= 4 is 11.7 Å². The molecule has 0 aliphatic carbocycles. The molecule has 1 aromatic carbocycles. The quantitative estimate of drug-likeness (QED) is 0.944. The normalized spacial score (nSPS) is 17.5. The highest BCUT2D eigenvalue weighted by Crippen LogP contribution is 2.34.